The first kappa shape index (κ1) is 12.1. The van der Waals surface area contributed by atoms with Crippen LogP contribution in [0.3, 0.4) is 0 Å². The third kappa shape index (κ3) is 3.56. The van der Waals surface area contributed by atoms with Crippen LogP contribution in [0.2, 0.25) is 0 Å². The van der Waals surface area contributed by atoms with Gasteiger partial charge in [0.05, 0.1) is 0 Å². The number of nitrogens with one attached hydrogen (secondary N) is 1. The van der Waals surface area contributed by atoms with Gasteiger partial charge in [-0.05, 0) is 18.3 Å². The zero-order chi connectivity index (χ0) is 10.4. The molecule has 0 saturated carbocycles. The molecule has 0 heterocycles. The van der Waals surface area contributed by atoms with Crippen LogP contribution in [-0.4, -0.2) is 5.84 Å². The molecule has 0 aliphatic heterocycles. The number of aryl methyl sites for hydroxylation is 1. The van der Waals surface area contributed by atoms with Gasteiger partial charge in [0.25, 0.3) is 0 Å². The molecule has 0 aromatic heterocycles. The Kier molecular flexibility index (Phi) is 5.33. The van der Waals surface area contributed by atoms with Gasteiger partial charge in [-0.2, -0.15) is 0 Å². The van der Waals surface area contributed by atoms with E-state index in [9.17, 15) is 0 Å². The van der Waals surface area contributed by atoms with Crippen LogP contribution in [0.4, 0.5) is 0 Å². The van der Waals surface area contributed by atoms with Crippen LogP contribution in [0, 0.1) is 12.3 Å². The minimum atomic E-state index is 0.124. The molecule has 1 atom stereocenters. The van der Waals surface area contributed by atoms with Crippen molar-refractivity contribution in [2.45, 2.75) is 20.8 Å². The van der Waals surface area contributed by atoms with E-state index >= 15 is 0 Å². The third-order valence-corrected chi connectivity index (χ3v) is 2.00. The molecule has 0 saturated heterocycles. The maximum absolute atomic E-state index is 7.24. The minimum absolute atomic E-state index is 0.124. The molecule has 1 aromatic rings. The lowest BCUT2D eigenvalue weighted by Gasteiger charge is -2.03. The summed E-state index contributed by atoms with van der Waals surface area (Å²) in [4.78, 5) is 0. The van der Waals surface area contributed by atoms with E-state index in [2.05, 4.69) is 9.24 Å². The van der Waals surface area contributed by atoms with E-state index in [-0.39, 0.29) is 5.84 Å². The molecule has 0 fully saturated rings. The highest BCUT2D eigenvalue weighted by molar-refractivity contribution is 7.27. The van der Waals surface area contributed by atoms with Crippen molar-refractivity contribution in [3.8, 4) is 0 Å². The monoisotopic (exact) mass is 196 g/mol. The predicted molar refractivity (Wildman–Crippen MR) is 62.9 cm³/mol. The summed E-state index contributed by atoms with van der Waals surface area (Å²) in [5, 5.41) is 8.21. The minimum Gasteiger partial charge on any atom is -0.384 e. The first-order valence-electron chi connectivity index (χ1n) is 4.32. The van der Waals surface area contributed by atoms with Gasteiger partial charge in [0, 0.05) is 5.56 Å². The van der Waals surface area contributed by atoms with Crippen LogP contribution in [0.5, 0.6) is 0 Å². The Morgan fingerprint density at radius 1 is 1.38 bits per heavy atom. The summed E-state index contributed by atoms with van der Waals surface area (Å²) in [7, 11) is 2.56. The molecule has 13 heavy (non-hydrogen) atoms. The number of benzene rings is 1. The Labute approximate surface area is 82.3 Å². The molecular weight excluding hydrogens is 179 g/mol. The lowest BCUT2D eigenvalue weighted by molar-refractivity contribution is 1.41. The first-order chi connectivity index (χ1) is 6.11. The van der Waals surface area contributed by atoms with Gasteiger partial charge in [-0.25, -0.2) is 0 Å². The van der Waals surface area contributed by atoms with E-state index in [1.165, 1.54) is 0 Å². The molecule has 0 amide bonds. The fraction of sp³-hybridized carbons (Fsp3) is 0.300. The van der Waals surface area contributed by atoms with Gasteiger partial charge in [-0.15, -0.1) is 9.24 Å². The summed E-state index contributed by atoms with van der Waals surface area (Å²) in [6.45, 7) is 5.98. The molecule has 1 rings (SSSR count). The summed E-state index contributed by atoms with van der Waals surface area (Å²) in [6, 6.07) is 5.84. The molecule has 0 bridgehead atoms. The quantitative estimate of drug-likeness (QED) is 0.401. The molecule has 0 spiro atoms. The number of hydrogen-bond donors (Lipinski definition) is 2. The highest BCUT2D eigenvalue weighted by atomic mass is 31.0. The molecule has 3 heteroatoms. The topological polar surface area (TPSA) is 49.9 Å². The standard InChI is InChI=1S/C8H11N2P.C2H6/c1-5-2-3-7(11)6(4-5)8(9)10;1-2/h2-4H,11H2,1H3,(H3,9,10);1-2H3. The number of nitrogen functional groups attached to an aromatic ring is 1. The fourth-order valence-electron chi connectivity index (χ4n) is 0.903. The van der Waals surface area contributed by atoms with Gasteiger partial charge < -0.3 is 5.73 Å². The lowest BCUT2D eigenvalue weighted by atomic mass is 10.1. The average Bonchev–Trinajstić information content (AvgIpc) is 2.12. The van der Waals surface area contributed by atoms with Gasteiger partial charge in [0.1, 0.15) is 5.84 Å². The maximum Gasteiger partial charge on any atom is 0.123 e. The zero-order valence-corrected chi connectivity index (χ0v) is 9.54. The second-order valence-electron chi connectivity index (χ2n) is 2.50. The second kappa shape index (κ2) is 5.71. The van der Waals surface area contributed by atoms with E-state index in [1.54, 1.807) is 0 Å². The van der Waals surface area contributed by atoms with Gasteiger partial charge >= 0.3 is 0 Å². The summed E-state index contributed by atoms with van der Waals surface area (Å²) < 4.78 is 0. The normalized spacial score (nSPS) is 8.62. The molecule has 2 nitrogen and oxygen atoms in total. The van der Waals surface area contributed by atoms with Gasteiger partial charge in [0.15, 0.2) is 0 Å². The van der Waals surface area contributed by atoms with Crippen molar-refractivity contribution in [3.63, 3.8) is 0 Å². The molecule has 0 aliphatic rings. The van der Waals surface area contributed by atoms with Crippen molar-refractivity contribution in [2.24, 2.45) is 5.73 Å². The fourth-order valence-corrected chi connectivity index (χ4v) is 1.24. The van der Waals surface area contributed by atoms with E-state index in [0.29, 0.717) is 0 Å². The second-order valence-corrected chi connectivity index (χ2v) is 3.13. The largest absolute Gasteiger partial charge is 0.384 e. The van der Waals surface area contributed by atoms with E-state index in [0.717, 1.165) is 16.4 Å². The van der Waals surface area contributed by atoms with Crippen molar-refractivity contribution in [1.29, 1.82) is 5.41 Å². The lowest BCUT2D eigenvalue weighted by Crippen LogP contribution is -2.18. The van der Waals surface area contributed by atoms with Crippen molar-refractivity contribution in [2.75, 3.05) is 0 Å². The van der Waals surface area contributed by atoms with Crippen LogP contribution in [-0.2, 0) is 0 Å². The highest BCUT2D eigenvalue weighted by Crippen LogP contribution is 2.03. The first-order valence-corrected chi connectivity index (χ1v) is 4.89. The zero-order valence-electron chi connectivity index (χ0n) is 8.39. The van der Waals surface area contributed by atoms with Gasteiger partial charge in [0.2, 0.25) is 0 Å². The van der Waals surface area contributed by atoms with Crippen molar-refractivity contribution in [1.82, 2.24) is 0 Å². The van der Waals surface area contributed by atoms with Gasteiger partial charge in [-0.3, -0.25) is 5.41 Å². The average molecular weight is 196 g/mol. The molecule has 1 aromatic carbocycles. The van der Waals surface area contributed by atoms with Crippen LogP contribution < -0.4 is 11.0 Å². The van der Waals surface area contributed by atoms with E-state index in [1.807, 2.05) is 39.0 Å². The van der Waals surface area contributed by atoms with Crippen molar-refractivity contribution >= 4 is 20.4 Å². The summed E-state index contributed by atoms with van der Waals surface area (Å²) >= 11 is 0. The van der Waals surface area contributed by atoms with Crippen molar-refractivity contribution in [3.05, 3.63) is 29.3 Å². The van der Waals surface area contributed by atoms with E-state index < -0.39 is 0 Å². The number of amidine groups is 1. The van der Waals surface area contributed by atoms with Crippen molar-refractivity contribution < 1.29 is 0 Å². The Balaban J connectivity index is 0.000000671. The SMILES string of the molecule is CC.Cc1ccc(P)c(C(=N)N)c1. The summed E-state index contributed by atoms with van der Waals surface area (Å²) in [5.41, 5.74) is 7.28. The molecular formula is C10H17N2P. The number of hydrogen-bond acceptors (Lipinski definition) is 1. The molecule has 0 radical (unpaired) electrons. The summed E-state index contributed by atoms with van der Waals surface area (Å²) in [6.07, 6.45) is 0. The molecule has 3 N–H and O–H groups in total. The van der Waals surface area contributed by atoms with Crippen LogP contribution >= 0.6 is 9.24 Å². The highest BCUT2D eigenvalue weighted by Gasteiger charge is 1.99. The van der Waals surface area contributed by atoms with Crippen LogP contribution in [0.25, 0.3) is 0 Å². The molecule has 0 aliphatic carbocycles. The Bertz CT molecular complexity index is 295. The van der Waals surface area contributed by atoms with Crippen LogP contribution in [0.15, 0.2) is 18.2 Å². The number of nitrogens with two attached hydrogens (primary N) is 1. The third-order valence-electron chi connectivity index (χ3n) is 1.50. The smallest absolute Gasteiger partial charge is 0.123 e. The van der Waals surface area contributed by atoms with Gasteiger partial charge in [-0.1, -0.05) is 31.5 Å². The Hall–Kier alpha value is -0.880. The number of rotatable bonds is 1. The maximum atomic E-state index is 7.24. The molecule has 72 valence electrons. The predicted octanol–water partition coefficient (Wildman–Crippen LogP) is 1.81. The van der Waals surface area contributed by atoms with E-state index in [4.69, 9.17) is 11.1 Å². The summed E-state index contributed by atoms with van der Waals surface area (Å²) in [5.74, 6) is 0.124. The molecule has 1 unspecified atom stereocenters. The van der Waals surface area contributed by atoms with Crippen LogP contribution in [0.1, 0.15) is 25.0 Å². The Morgan fingerprint density at radius 2 is 1.92 bits per heavy atom. The Morgan fingerprint density at radius 3 is 2.31 bits per heavy atom.